The van der Waals surface area contributed by atoms with Crippen molar-refractivity contribution < 1.29 is 9.53 Å². The fraction of sp³-hybridized carbons (Fsp3) is 0.786. The summed E-state index contributed by atoms with van der Waals surface area (Å²) in [7, 11) is 0. The van der Waals surface area contributed by atoms with Crippen molar-refractivity contribution in [2.75, 3.05) is 6.61 Å². The van der Waals surface area contributed by atoms with Gasteiger partial charge in [0.1, 0.15) is 0 Å². The molecule has 0 heterocycles. The van der Waals surface area contributed by atoms with Crippen molar-refractivity contribution in [2.45, 2.75) is 65.2 Å². The zero-order valence-corrected chi connectivity index (χ0v) is 10.8. The number of ether oxygens (including phenoxy) is 1. The van der Waals surface area contributed by atoms with Crippen molar-refractivity contribution in [1.82, 2.24) is 0 Å². The second-order valence-electron chi connectivity index (χ2n) is 4.13. The molecule has 0 unspecified atom stereocenters. The summed E-state index contributed by atoms with van der Waals surface area (Å²) in [6.45, 7) is 4.75. The molecule has 94 valence electrons. The first-order valence-corrected chi connectivity index (χ1v) is 6.64. The maximum absolute atomic E-state index is 11.1. The number of hydrogen-bond donors (Lipinski definition) is 0. The van der Waals surface area contributed by atoms with Gasteiger partial charge in [0.25, 0.3) is 0 Å². The van der Waals surface area contributed by atoms with E-state index < -0.39 is 0 Å². The second-order valence-corrected chi connectivity index (χ2v) is 4.13. The van der Waals surface area contributed by atoms with E-state index in [2.05, 4.69) is 6.92 Å². The SMILES string of the molecule is CCCCCCCCC=CC(=O)OCCC. The average Bonchev–Trinajstić information content (AvgIpc) is 2.30. The molecule has 0 spiro atoms. The Morgan fingerprint density at radius 1 is 1.00 bits per heavy atom. The zero-order valence-electron chi connectivity index (χ0n) is 10.8. The molecule has 16 heavy (non-hydrogen) atoms. The molecule has 0 aromatic heterocycles. The minimum atomic E-state index is -0.201. The van der Waals surface area contributed by atoms with Gasteiger partial charge in [-0.05, 0) is 19.3 Å². The van der Waals surface area contributed by atoms with E-state index >= 15 is 0 Å². The lowest BCUT2D eigenvalue weighted by molar-refractivity contribution is -0.137. The summed E-state index contributed by atoms with van der Waals surface area (Å²) in [6.07, 6.45) is 13.1. The number of hydrogen-bond acceptors (Lipinski definition) is 2. The van der Waals surface area contributed by atoms with E-state index in [9.17, 15) is 4.79 Å². The van der Waals surface area contributed by atoms with Crippen LogP contribution in [0.25, 0.3) is 0 Å². The van der Waals surface area contributed by atoms with Crippen LogP contribution in [-0.4, -0.2) is 12.6 Å². The molecule has 0 rings (SSSR count). The quantitative estimate of drug-likeness (QED) is 0.316. The predicted molar refractivity (Wildman–Crippen MR) is 68.4 cm³/mol. The lowest BCUT2D eigenvalue weighted by Crippen LogP contribution is -2.00. The molecule has 0 aliphatic carbocycles. The Balaban J connectivity index is 3.23. The van der Waals surface area contributed by atoms with Gasteiger partial charge in [0.15, 0.2) is 0 Å². The van der Waals surface area contributed by atoms with Crippen molar-refractivity contribution in [1.29, 1.82) is 0 Å². The molecule has 0 aromatic rings. The molecule has 0 aromatic carbocycles. The molecule has 2 nitrogen and oxygen atoms in total. The third kappa shape index (κ3) is 11.3. The normalized spacial score (nSPS) is 10.9. The minimum Gasteiger partial charge on any atom is -0.463 e. The van der Waals surface area contributed by atoms with E-state index in [0.717, 1.165) is 12.8 Å². The molecule has 0 radical (unpaired) electrons. The number of unbranched alkanes of at least 4 members (excludes halogenated alkanes) is 6. The van der Waals surface area contributed by atoms with Gasteiger partial charge in [-0.15, -0.1) is 0 Å². The molecule has 0 atom stereocenters. The van der Waals surface area contributed by atoms with Crippen LogP contribution in [0.3, 0.4) is 0 Å². The molecule has 0 fully saturated rings. The molecule has 2 heteroatoms. The van der Waals surface area contributed by atoms with Crippen molar-refractivity contribution in [3.05, 3.63) is 12.2 Å². The van der Waals surface area contributed by atoms with Crippen LogP contribution in [0.15, 0.2) is 12.2 Å². The van der Waals surface area contributed by atoms with Gasteiger partial charge in [-0.2, -0.15) is 0 Å². The summed E-state index contributed by atoms with van der Waals surface area (Å²) in [6, 6.07) is 0. The van der Waals surface area contributed by atoms with Crippen molar-refractivity contribution in [3.8, 4) is 0 Å². The molecule has 0 saturated heterocycles. The van der Waals surface area contributed by atoms with E-state index in [1.807, 2.05) is 13.0 Å². The lowest BCUT2D eigenvalue weighted by Gasteiger charge is -1.98. The van der Waals surface area contributed by atoms with Crippen LogP contribution in [0.4, 0.5) is 0 Å². The molecule has 0 bridgehead atoms. The fourth-order valence-corrected chi connectivity index (χ4v) is 1.47. The number of allylic oxidation sites excluding steroid dienone is 1. The van der Waals surface area contributed by atoms with Gasteiger partial charge in [-0.25, -0.2) is 4.79 Å². The zero-order chi connectivity index (χ0) is 12.1. The smallest absolute Gasteiger partial charge is 0.330 e. The number of rotatable bonds is 10. The largest absolute Gasteiger partial charge is 0.463 e. The number of carbonyl (C=O) groups excluding carboxylic acids is 1. The van der Waals surface area contributed by atoms with Gasteiger partial charge in [-0.1, -0.05) is 52.0 Å². The Morgan fingerprint density at radius 2 is 1.69 bits per heavy atom. The van der Waals surface area contributed by atoms with E-state index in [1.54, 1.807) is 6.08 Å². The van der Waals surface area contributed by atoms with Crippen LogP contribution in [0.5, 0.6) is 0 Å². The number of carbonyl (C=O) groups is 1. The summed E-state index contributed by atoms with van der Waals surface area (Å²) >= 11 is 0. The first-order valence-electron chi connectivity index (χ1n) is 6.64. The second kappa shape index (κ2) is 12.3. The van der Waals surface area contributed by atoms with Gasteiger partial charge >= 0.3 is 5.97 Å². The molecule has 0 amide bonds. The molecule has 0 N–H and O–H groups in total. The summed E-state index contributed by atoms with van der Waals surface area (Å²) in [5.74, 6) is -0.201. The Kier molecular flexibility index (Phi) is 11.7. The Bertz CT molecular complexity index is 185. The van der Waals surface area contributed by atoms with Crippen LogP contribution < -0.4 is 0 Å². The van der Waals surface area contributed by atoms with Crippen LogP contribution in [-0.2, 0) is 9.53 Å². The predicted octanol–water partition coefficient (Wildman–Crippen LogP) is 4.25. The van der Waals surface area contributed by atoms with Gasteiger partial charge < -0.3 is 4.74 Å². The van der Waals surface area contributed by atoms with Crippen molar-refractivity contribution in [3.63, 3.8) is 0 Å². The Morgan fingerprint density at radius 3 is 2.38 bits per heavy atom. The van der Waals surface area contributed by atoms with E-state index in [-0.39, 0.29) is 5.97 Å². The van der Waals surface area contributed by atoms with Crippen molar-refractivity contribution in [2.24, 2.45) is 0 Å². The van der Waals surface area contributed by atoms with Crippen molar-refractivity contribution >= 4 is 5.97 Å². The summed E-state index contributed by atoms with van der Waals surface area (Å²) in [5, 5.41) is 0. The highest BCUT2D eigenvalue weighted by Crippen LogP contribution is 2.07. The standard InChI is InChI=1S/C14H26O2/c1-3-5-6-7-8-9-10-11-12-14(15)16-13-4-2/h11-12H,3-10,13H2,1-2H3. The van der Waals surface area contributed by atoms with E-state index in [4.69, 9.17) is 4.74 Å². The third-order valence-corrected chi connectivity index (χ3v) is 2.43. The van der Waals surface area contributed by atoms with Gasteiger partial charge in [0.2, 0.25) is 0 Å². The molecular formula is C14H26O2. The topological polar surface area (TPSA) is 26.3 Å². The first kappa shape index (κ1) is 15.2. The summed E-state index contributed by atoms with van der Waals surface area (Å²) in [4.78, 5) is 11.1. The van der Waals surface area contributed by atoms with E-state index in [0.29, 0.717) is 6.61 Å². The summed E-state index contributed by atoms with van der Waals surface area (Å²) < 4.78 is 4.93. The van der Waals surface area contributed by atoms with Crippen LogP contribution in [0, 0.1) is 0 Å². The maximum atomic E-state index is 11.1. The highest BCUT2D eigenvalue weighted by Gasteiger charge is 1.93. The Hall–Kier alpha value is -0.790. The van der Waals surface area contributed by atoms with Gasteiger partial charge in [-0.3, -0.25) is 0 Å². The molecule has 0 aliphatic rings. The molecular weight excluding hydrogens is 200 g/mol. The highest BCUT2D eigenvalue weighted by atomic mass is 16.5. The highest BCUT2D eigenvalue weighted by molar-refractivity contribution is 5.81. The lowest BCUT2D eigenvalue weighted by atomic mass is 10.1. The monoisotopic (exact) mass is 226 g/mol. The first-order chi connectivity index (χ1) is 7.81. The third-order valence-electron chi connectivity index (χ3n) is 2.43. The molecule has 0 saturated carbocycles. The van der Waals surface area contributed by atoms with Crippen LogP contribution in [0.2, 0.25) is 0 Å². The summed E-state index contributed by atoms with van der Waals surface area (Å²) in [5.41, 5.74) is 0. The van der Waals surface area contributed by atoms with E-state index in [1.165, 1.54) is 38.5 Å². The Labute approximate surface area is 100 Å². The van der Waals surface area contributed by atoms with Gasteiger partial charge in [0, 0.05) is 6.08 Å². The fourth-order valence-electron chi connectivity index (χ4n) is 1.47. The molecule has 0 aliphatic heterocycles. The van der Waals surface area contributed by atoms with Gasteiger partial charge in [0.05, 0.1) is 6.61 Å². The van der Waals surface area contributed by atoms with Crippen LogP contribution >= 0.6 is 0 Å². The number of esters is 1. The maximum Gasteiger partial charge on any atom is 0.330 e. The minimum absolute atomic E-state index is 0.201. The van der Waals surface area contributed by atoms with Crippen LogP contribution in [0.1, 0.15) is 65.2 Å². The average molecular weight is 226 g/mol.